The van der Waals surface area contributed by atoms with Crippen LogP contribution in [0.15, 0.2) is 15.8 Å². The number of phosphoric acid groups is 1. The second-order valence-corrected chi connectivity index (χ2v) is 6.97. The third kappa shape index (κ3) is 3.20. The van der Waals surface area contributed by atoms with Gasteiger partial charge in [0.25, 0.3) is 5.56 Å². The van der Waals surface area contributed by atoms with Crippen molar-refractivity contribution in [3.05, 3.63) is 32.6 Å². The molecule has 0 aromatic carbocycles. The van der Waals surface area contributed by atoms with E-state index in [1.165, 1.54) is 10.8 Å². The zero-order valence-electron chi connectivity index (χ0n) is 12.9. The molecule has 2 saturated heterocycles. The Labute approximate surface area is 132 Å². The maximum Gasteiger partial charge on any atom is 0.475 e. The van der Waals surface area contributed by atoms with Crippen LogP contribution in [0.25, 0.3) is 0 Å². The van der Waals surface area contributed by atoms with Crippen LogP contribution in [-0.2, 0) is 29.3 Å². The Morgan fingerprint density at radius 3 is 2.87 bits per heavy atom. The van der Waals surface area contributed by atoms with E-state index in [2.05, 4.69) is 4.98 Å². The average Bonchev–Trinajstić information content (AvgIpc) is 2.89. The summed E-state index contributed by atoms with van der Waals surface area (Å²) in [6.07, 6.45) is 0.763. The van der Waals surface area contributed by atoms with Crippen molar-refractivity contribution in [1.82, 2.24) is 9.55 Å². The molecule has 0 radical (unpaired) electrons. The van der Waals surface area contributed by atoms with Crippen LogP contribution in [0, 0.1) is 0 Å². The van der Waals surface area contributed by atoms with E-state index in [0.29, 0.717) is 18.4 Å². The first-order valence-electron chi connectivity index (χ1n) is 7.53. The molecule has 128 valence electrons. The van der Waals surface area contributed by atoms with E-state index in [1.54, 1.807) is 6.92 Å². The lowest BCUT2D eigenvalue weighted by Gasteiger charge is -2.29. The Kier molecular flexibility index (Phi) is 4.57. The molecular weight excluding hydrogens is 327 g/mol. The molecular formula is C13H19N2O7P. The highest BCUT2D eigenvalue weighted by atomic mass is 31.2. The van der Waals surface area contributed by atoms with Gasteiger partial charge < -0.3 is 4.74 Å². The highest BCUT2D eigenvalue weighted by Crippen LogP contribution is 2.56. The molecule has 0 unspecified atom stereocenters. The zero-order chi connectivity index (χ0) is 16.6. The summed E-state index contributed by atoms with van der Waals surface area (Å²) in [5.41, 5.74) is -0.463. The molecule has 0 aliphatic carbocycles. The van der Waals surface area contributed by atoms with Gasteiger partial charge in [0.15, 0.2) is 0 Å². The van der Waals surface area contributed by atoms with E-state index >= 15 is 0 Å². The van der Waals surface area contributed by atoms with Gasteiger partial charge in [0.05, 0.1) is 13.2 Å². The lowest BCUT2D eigenvalue weighted by atomic mass is 10.2. The van der Waals surface area contributed by atoms with Crippen LogP contribution in [0.5, 0.6) is 0 Å². The molecule has 3 heterocycles. The van der Waals surface area contributed by atoms with Crippen molar-refractivity contribution >= 4 is 7.82 Å². The Morgan fingerprint density at radius 1 is 1.39 bits per heavy atom. The molecule has 2 aliphatic heterocycles. The van der Waals surface area contributed by atoms with E-state index in [9.17, 15) is 14.2 Å². The molecule has 0 bridgehead atoms. The third-order valence-corrected chi connectivity index (χ3v) is 5.43. The summed E-state index contributed by atoms with van der Waals surface area (Å²) in [6.45, 7) is 3.79. The normalized spacial score (nSPS) is 33.6. The first-order chi connectivity index (χ1) is 11.0. The molecule has 0 amide bonds. The molecule has 0 spiro atoms. The second-order valence-electron chi connectivity index (χ2n) is 5.34. The van der Waals surface area contributed by atoms with E-state index < -0.39 is 37.5 Å². The van der Waals surface area contributed by atoms with Gasteiger partial charge in [-0.05, 0) is 13.3 Å². The summed E-state index contributed by atoms with van der Waals surface area (Å²) in [6, 6.07) is 0. The van der Waals surface area contributed by atoms with E-state index in [-0.39, 0.29) is 13.2 Å². The highest BCUT2D eigenvalue weighted by Gasteiger charge is 2.47. The van der Waals surface area contributed by atoms with Crippen molar-refractivity contribution in [3.63, 3.8) is 0 Å². The number of aromatic amines is 1. The van der Waals surface area contributed by atoms with Crippen molar-refractivity contribution in [2.45, 2.75) is 45.1 Å². The van der Waals surface area contributed by atoms with Crippen molar-refractivity contribution in [2.75, 3.05) is 13.2 Å². The summed E-state index contributed by atoms with van der Waals surface area (Å²) in [5.74, 6) is 0. The average molecular weight is 346 g/mol. The topological polar surface area (TPSA) is 109 Å². The van der Waals surface area contributed by atoms with Gasteiger partial charge in [-0.15, -0.1) is 0 Å². The van der Waals surface area contributed by atoms with Crippen LogP contribution in [0.3, 0.4) is 0 Å². The minimum atomic E-state index is -3.56. The van der Waals surface area contributed by atoms with Crippen molar-refractivity contribution in [1.29, 1.82) is 0 Å². The number of rotatable bonds is 4. The van der Waals surface area contributed by atoms with Gasteiger partial charge in [-0.1, -0.05) is 6.92 Å². The third-order valence-electron chi connectivity index (χ3n) is 3.86. The molecule has 1 N–H and O–H groups in total. The van der Waals surface area contributed by atoms with Gasteiger partial charge >= 0.3 is 13.5 Å². The molecule has 0 saturated carbocycles. The summed E-state index contributed by atoms with van der Waals surface area (Å²) >= 11 is 0. The van der Waals surface area contributed by atoms with Gasteiger partial charge in [-0.25, -0.2) is 9.36 Å². The van der Waals surface area contributed by atoms with E-state index in [4.69, 9.17) is 18.3 Å². The number of ether oxygens (including phenoxy) is 1. The predicted molar refractivity (Wildman–Crippen MR) is 79.3 cm³/mol. The molecule has 3 rings (SSSR count). The fourth-order valence-corrected chi connectivity index (χ4v) is 4.11. The zero-order valence-corrected chi connectivity index (χ0v) is 13.8. The molecule has 2 fully saturated rings. The van der Waals surface area contributed by atoms with Crippen LogP contribution < -0.4 is 11.2 Å². The molecule has 1 aromatic rings. The first-order valence-corrected chi connectivity index (χ1v) is 8.99. The van der Waals surface area contributed by atoms with Crippen LogP contribution in [0.2, 0.25) is 0 Å². The maximum atomic E-state index is 12.2. The summed E-state index contributed by atoms with van der Waals surface area (Å²) < 4.78 is 34.9. The Bertz CT molecular complexity index is 743. The van der Waals surface area contributed by atoms with Crippen molar-refractivity contribution in [2.24, 2.45) is 0 Å². The number of hydrogen-bond donors (Lipinski definition) is 1. The first kappa shape index (κ1) is 16.6. The number of nitrogens with one attached hydrogen (secondary N) is 1. The Morgan fingerprint density at radius 2 is 2.17 bits per heavy atom. The lowest BCUT2D eigenvalue weighted by Crippen LogP contribution is -2.34. The van der Waals surface area contributed by atoms with Gasteiger partial charge in [0.2, 0.25) is 0 Å². The molecule has 2 aliphatic rings. The van der Waals surface area contributed by atoms with Gasteiger partial charge in [-0.2, -0.15) is 0 Å². The largest absolute Gasteiger partial charge is 0.475 e. The standard InChI is InChI=1S/C13H19N2O7P/c1-3-8-6-15(13(17)14-12(8)16)11-5-9-10(21-11)7-20-23(18,22-9)19-4-2/h6,9-11H,3-5,7H2,1-2H3,(H,14,16,17)/t9-,10+,11+,23-/m0/s1. The molecule has 10 heteroatoms. The van der Waals surface area contributed by atoms with E-state index in [1.807, 2.05) is 6.92 Å². The van der Waals surface area contributed by atoms with Crippen LogP contribution in [0.4, 0.5) is 0 Å². The quantitative estimate of drug-likeness (QED) is 0.808. The highest BCUT2D eigenvalue weighted by molar-refractivity contribution is 7.48. The lowest BCUT2D eigenvalue weighted by molar-refractivity contribution is -0.0718. The Balaban J connectivity index is 1.82. The number of fused-ring (bicyclic) bond motifs is 1. The van der Waals surface area contributed by atoms with Gasteiger partial charge in [0.1, 0.15) is 18.4 Å². The maximum absolute atomic E-state index is 12.2. The minimum Gasteiger partial charge on any atom is -0.349 e. The monoisotopic (exact) mass is 346 g/mol. The smallest absolute Gasteiger partial charge is 0.349 e. The number of hydrogen-bond acceptors (Lipinski definition) is 7. The SMILES string of the molecule is CCO[P@@]1(=O)OC[C@H]2O[C@@H](n3cc(CC)c(=O)[nH]c3=O)C[C@@H]2O1. The number of aromatic nitrogens is 2. The fraction of sp³-hybridized carbons (Fsp3) is 0.692. The molecule has 23 heavy (non-hydrogen) atoms. The molecule has 4 atom stereocenters. The number of H-pyrrole nitrogens is 1. The Hall–Kier alpha value is -1.25. The van der Waals surface area contributed by atoms with Crippen LogP contribution in [0.1, 0.15) is 32.1 Å². The fourth-order valence-electron chi connectivity index (χ4n) is 2.71. The summed E-state index contributed by atoms with van der Waals surface area (Å²) in [5, 5.41) is 0. The van der Waals surface area contributed by atoms with Crippen LogP contribution >= 0.6 is 7.82 Å². The summed E-state index contributed by atoms with van der Waals surface area (Å²) in [4.78, 5) is 25.9. The number of aryl methyl sites for hydroxylation is 1. The van der Waals surface area contributed by atoms with Crippen molar-refractivity contribution < 1.29 is 22.9 Å². The second kappa shape index (κ2) is 6.33. The number of nitrogens with zero attached hydrogens (tertiary/aromatic N) is 1. The molecule has 9 nitrogen and oxygen atoms in total. The predicted octanol–water partition coefficient (Wildman–Crippen LogP) is 0.946. The van der Waals surface area contributed by atoms with Gasteiger partial charge in [-0.3, -0.25) is 27.9 Å². The minimum absolute atomic E-state index is 0.0667. The van der Waals surface area contributed by atoms with Crippen LogP contribution in [-0.4, -0.2) is 35.0 Å². The van der Waals surface area contributed by atoms with E-state index in [0.717, 1.165) is 0 Å². The summed E-state index contributed by atoms with van der Waals surface area (Å²) in [7, 11) is -3.56. The van der Waals surface area contributed by atoms with Crippen molar-refractivity contribution in [3.8, 4) is 0 Å². The molecule has 1 aromatic heterocycles. The number of phosphoric ester groups is 1. The van der Waals surface area contributed by atoms with Gasteiger partial charge in [0, 0.05) is 18.2 Å².